The van der Waals surface area contributed by atoms with E-state index in [0.717, 1.165) is 26.1 Å². The minimum Gasteiger partial charge on any atom is -0.370 e. The van der Waals surface area contributed by atoms with Crippen molar-refractivity contribution in [3.63, 3.8) is 0 Å². The van der Waals surface area contributed by atoms with Crippen molar-refractivity contribution in [2.24, 2.45) is 10.7 Å². The first kappa shape index (κ1) is 21.3. The van der Waals surface area contributed by atoms with E-state index in [2.05, 4.69) is 42.7 Å². The van der Waals surface area contributed by atoms with Gasteiger partial charge in [-0.05, 0) is 47.3 Å². The third-order valence-electron chi connectivity index (χ3n) is 3.12. The summed E-state index contributed by atoms with van der Waals surface area (Å²) in [7, 11) is 4.26. The van der Waals surface area contributed by atoms with E-state index in [1.54, 1.807) is 0 Å². The van der Waals surface area contributed by atoms with Gasteiger partial charge in [0.2, 0.25) is 0 Å². The van der Waals surface area contributed by atoms with Crippen LogP contribution >= 0.6 is 24.0 Å². The Labute approximate surface area is 136 Å². The fourth-order valence-corrected chi connectivity index (χ4v) is 1.91. The van der Waals surface area contributed by atoms with Gasteiger partial charge in [-0.1, -0.05) is 19.3 Å². The molecule has 0 spiro atoms. The van der Waals surface area contributed by atoms with Crippen LogP contribution in [0.5, 0.6) is 0 Å². The second-order valence-electron chi connectivity index (χ2n) is 4.98. The van der Waals surface area contributed by atoms with Crippen LogP contribution in [0.1, 0.15) is 46.0 Å². The van der Waals surface area contributed by atoms with Crippen LogP contribution in [0.3, 0.4) is 0 Å². The fourth-order valence-electron chi connectivity index (χ4n) is 1.91. The summed E-state index contributed by atoms with van der Waals surface area (Å²) in [6, 6.07) is 0. The Morgan fingerprint density at radius 2 is 1.47 bits per heavy atom. The predicted octanol–water partition coefficient (Wildman–Crippen LogP) is 2.77. The van der Waals surface area contributed by atoms with E-state index in [0.29, 0.717) is 5.96 Å². The Kier molecular flexibility index (Phi) is 16.1. The quantitative estimate of drug-likeness (QED) is 0.273. The van der Waals surface area contributed by atoms with Crippen LogP contribution in [0.15, 0.2) is 4.99 Å². The van der Waals surface area contributed by atoms with Crippen LogP contribution in [0.25, 0.3) is 0 Å². The molecule has 19 heavy (non-hydrogen) atoms. The number of guanidine groups is 1. The fraction of sp³-hybridized carbons (Fsp3) is 0.929. The Bertz CT molecular complexity index is 215. The van der Waals surface area contributed by atoms with Crippen molar-refractivity contribution in [2.45, 2.75) is 46.0 Å². The van der Waals surface area contributed by atoms with Gasteiger partial charge < -0.3 is 15.5 Å². The van der Waals surface area contributed by atoms with Gasteiger partial charge >= 0.3 is 0 Å². The highest BCUT2D eigenvalue weighted by Gasteiger charge is 2.00. The molecule has 0 aromatic rings. The molecule has 0 heterocycles. The number of hydrogen-bond donors (Lipinski definition) is 1. The van der Waals surface area contributed by atoms with Crippen LogP contribution in [0.4, 0.5) is 0 Å². The van der Waals surface area contributed by atoms with Crippen molar-refractivity contribution in [1.82, 2.24) is 9.80 Å². The van der Waals surface area contributed by atoms with Crippen LogP contribution in [0, 0.1) is 0 Å². The predicted molar refractivity (Wildman–Crippen MR) is 96.5 cm³/mol. The van der Waals surface area contributed by atoms with Gasteiger partial charge in [0.25, 0.3) is 0 Å². The van der Waals surface area contributed by atoms with E-state index < -0.39 is 0 Å². The molecule has 0 aliphatic carbocycles. The number of halogens is 1. The summed E-state index contributed by atoms with van der Waals surface area (Å²) in [6.45, 7) is 8.17. The molecule has 0 amide bonds. The first-order valence-corrected chi connectivity index (χ1v) is 7.31. The number of rotatable bonds is 10. The maximum absolute atomic E-state index is 5.91. The smallest absolute Gasteiger partial charge is 0.191 e. The monoisotopic (exact) mass is 384 g/mol. The standard InChI is InChI=1S/C14H32N4.HI/c1-5-18(6-2)14(15)16-12-10-8-7-9-11-13-17(3)4;/h5-13H2,1-4H3,(H2,15,16);1H. The summed E-state index contributed by atoms with van der Waals surface area (Å²) in [5, 5.41) is 0. The number of hydrogen-bond acceptors (Lipinski definition) is 2. The summed E-state index contributed by atoms with van der Waals surface area (Å²) in [4.78, 5) is 8.76. The minimum absolute atomic E-state index is 0. The van der Waals surface area contributed by atoms with Gasteiger partial charge in [0, 0.05) is 19.6 Å². The highest BCUT2D eigenvalue weighted by molar-refractivity contribution is 14.0. The molecule has 5 heteroatoms. The van der Waals surface area contributed by atoms with Gasteiger partial charge in [-0.3, -0.25) is 4.99 Å². The SMILES string of the molecule is CCN(CC)C(N)=NCCCCCCCN(C)C.I. The van der Waals surface area contributed by atoms with E-state index in [1.807, 2.05) is 0 Å². The lowest BCUT2D eigenvalue weighted by Gasteiger charge is -2.19. The first-order valence-electron chi connectivity index (χ1n) is 7.31. The summed E-state index contributed by atoms with van der Waals surface area (Å²) >= 11 is 0. The molecule has 2 N–H and O–H groups in total. The normalized spacial score (nSPS) is 11.5. The first-order chi connectivity index (χ1) is 8.61. The zero-order valence-electron chi connectivity index (χ0n) is 13.2. The largest absolute Gasteiger partial charge is 0.370 e. The van der Waals surface area contributed by atoms with Crippen LogP contribution in [0.2, 0.25) is 0 Å². The summed E-state index contributed by atoms with van der Waals surface area (Å²) < 4.78 is 0. The van der Waals surface area contributed by atoms with Gasteiger partial charge in [-0.15, -0.1) is 24.0 Å². The number of unbranched alkanes of at least 4 members (excludes halogenated alkanes) is 4. The molecule has 116 valence electrons. The Morgan fingerprint density at radius 1 is 0.947 bits per heavy atom. The average molecular weight is 384 g/mol. The third kappa shape index (κ3) is 12.7. The van der Waals surface area contributed by atoms with Crippen molar-refractivity contribution in [2.75, 3.05) is 40.3 Å². The lowest BCUT2D eigenvalue weighted by molar-refractivity contribution is 0.390. The molecule has 0 unspecified atom stereocenters. The molecule has 0 radical (unpaired) electrons. The van der Waals surface area contributed by atoms with E-state index in [-0.39, 0.29) is 24.0 Å². The van der Waals surface area contributed by atoms with Crippen LogP contribution in [-0.4, -0.2) is 56.0 Å². The molecule has 0 aromatic heterocycles. The number of nitrogens with zero attached hydrogens (tertiary/aromatic N) is 3. The van der Waals surface area contributed by atoms with Gasteiger partial charge in [-0.2, -0.15) is 0 Å². The maximum atomic E-state index is 5.91. The number of aliphatic imine (C=N–C) groups is 1. The van der Waals surface area contributed by atoms with Crippen LogP contribution in [-0.2, 0) is 0 Å². The highest BCUT2D eigenvalue weighted by Crippen LogP contribution is 2.03. The van der Waals surface area contributed by atoms with E-state index in [1.165, 1.54) is 32.2 Å². The second-order valence-corrected chi connectivity index (χ2v) is 4.98. The van der Waals surface area contributed by atoms with Crippen LogP contribution < -0.4 is 5.73 Å². The third-order valence-corrected chi connectivity index (χ3v) is 3.12. The Morgan fingerprint density at radius 3 is 2.00 bits per heavy atom. The molecular formula is C14H33IN4. The average Bonchev–Trinajstić information content (AvgIpc) is 2.33. The van der Waals surface area contributed by atoms with E-state index >= 15 is 0 Å². The maximum Gasteiger partial charge on any atom is 0.191 e. The lowest BCUT2D eigenvalue weighted by Crippen LogP contribution is -2.37. The molecular weight excluding hydrogens is 351 g/mol. The van der Waals surface area contributed by atoms with Gasteiger partial charge in [0.1, 0.15) is 0 Å². The van der Waals surface area contributed by atoms with Gasteiger partial charge in [0.15, 0.2) is 5.96 Å². The topological polar surface area (TPSA) is 44.9 Å². The van der Waals surface area contributed by atoms with E-state index in [4.69, 9.17) is 5.73 Å². The van der Waals surface area contributed by atoms with Crippen molar-refractivity contribution in [1.29, 1.82) is 0 Å². The molecule has 0 bridgehead atoms. The molecule has 0 aliphatic heterocycles. The number of nitrogens with two attached hydrogens (primary N) is 1. The van der Waals surface area contributed by atoms with Crippen molar-refractivity contribution >= 4 is 29.9 Å². The van der Waals surface area contributed by atoms with Crippen molar-refractivity contribution in [3.05, 3.63) is 0 Å². The molecule has 0 rings (SSSR count). The molecule has 0 saturated carbocycles. The van der Waals surface area contributed by atoms with Gasteiger partial charge in [-0.25, -0.2) is 0 Å². The summed E-state index contributed by atoms with van der Waals surface area (Å²) in [5.41, 5.74) is 5.91. The molecule has 0 aliphatic rings. The summed E-state index contributed by atoms with van der Waals surface area (Å²) in [6.07, 6.45) is 6.37. The molecule has 0 atom stereocenters. The highest BCUT2D eigenvalue weighted by atomic mass is 127. The molecule has 0 saturated heterocycles. The lowest BCUT2D eigenvalue weighted by atomic mass is 10.1. The zero-order chi connectivity index (χ0) is 13.8. The molecule has 4 nitrogen and oxygen atoms in total. The Balaban J connectivity index is 0. The van der Waals surface area contributed by atoms with E-state index in [9.17, 15) is 0 Å². The van der Waals surface area contributed by atoms with Crippen molar-refractivity contribution in [3.8, 4) is 0 Å². The van der Waals surface area contributed by atoms with Gasteiger partial charge in [0.05, 0.1) is 0 Å². The zero-order valence-corrected chi connectivity index (χ0v) is 15.5. The summed E-state index contributed by atoms with van der Waals surface area (Å²) in [5.74, 6) is 0.701. The second kappa shape index (κ2) is 14.4. The Hall–Kier alpha value is -0.0400. The molecule has 0 fully saturated rings. The molecule has 0 aromatic carbocycles. The minimum atomic E-state index is 0. The van der Waals surface area contributed by atoms with Crippen molar-refractivity contribution < 1.29 is 0 Å².